The summed E-state index contributed by atoms with van der Waals surface area (Å²) in [6.07, 6.45) is 4.57. The molecular formula is C17H21N7O2. The fraction of sp³-hybridized carbons (Fsp3) is 0.353. The number of fused-ring (bicyclic) bond motifs is 1. The van der Waals surface area contributed by atoms with Crippen LogP contribution in [0.15, 0.2) is 29.6 Å². The van der Waals surface area contributed by atoms with Crippen LogP contribution in [0.1, 0.15) is 20.8 Å². The van der Waals surface area contributed by atoms with Crippen molar-refractivity contribution in [3.8, 4) is 11.3 Å². The minimum Gasteiger partial charge on any atom is -0.395 e. The number of nitrogens with one attached hydrogen (secondary N) is 1. The lowest BCUT2D eigenvalue weighted by molar-refractivity contribution is 0.274. The van der Waals surface area contributed by atoms with E-state index in [1.54, 1.807) is 18.5 Å². The zero-order valence-electron chi connectivity index (χ0n) is 14.9. The van der Waals surface area contributed by atoms with E-state index in [1.165, 1.54) is 10.9 Å². The molecule has 0 fully saturated rings. The summed E-state index contributed by atoms with van der Waals surface area (Å²) in [5.74, 6) is 0.596. The minimum absolute atomic E-state index is 0.149. The van der Waals surface area contributed by atoms with E-state index in [2.05, 4.69) is 25.3 Å². The van der Waals surface area contributed by atoms with Gasteiger partial charge in [0.25, 0.3) is 5.56 Å². The molecule has 0 saturated heterocycles. The van der Waals surface area contributed by atoms with Crippen LogP contribution in [0.5, 0.6) is 0 Å². The highest BCUT2D eigenvalue weighted by molar-refractivity contribution is 5.91. The van der Waals surface area contributed by atoms with Crippen LogP contribution in [-0.4, -0.2) is 41.8 Å². The summed E-state index contributed by atoms with van der Waals surface area (Å²) < 4.78 is 1.36. The van der Waals surface area contributed by atoms with E-state index in [4.69, 9.17) is 10.8 Å². The number of aliphatic hydroxyl groups is 1. The first-order chi connectivity index (χ1) is 12.3. The van der Waals surface area contributed by atoms with Crippen LogP contribution >= 0.6 is 0 Å². The largest absolute Gasteiger partial charge is 0.395 e. The van der Waals surface area contributed by atoms with Crippen LogP contribution in [0, 0.1) is 0 Å². The molecule has 3 aromatic heterocycles. The molecule has 9 nitrogen and oxygen atoms in total. The SMILES string of the molecule is CC(C)(C)Nc1nc(-c2cnc(N)nc2)cc2ncn(CCO)c(=O)c12. The lowest BCUT2D eigenvalue weighted by Crippen LogP contribution is -2.29. The molecule has 0 amide bonds. The molecular weight excluding hydrogens is 334 g/mol. The predicted molar refractivity (Wildman–Crippen MR) is 99.7 cm³/mol. The van der Waals surface area contributed by atoms with Crippen LogP contribution in [0.25, 0.3) is 22.2 Å². The van der Waals surface area contributed by atoms with Crippen molar-refractivity contribution in [1.29, 1.82) is 0 Å². The van der Waals surface area contributed by atoms with Crippen molar-refractivity contribution in [3.63, 3.8) is 0 Å². The third-order valence-corrected chi connectivity index (χ3v) is 3.61. The number of hydrogen-bond acceptors (Lipinski definition) is 8. The van der Waals surface area contributed by atoms with Gasteiger partial charge in [0, 0.05) is 23.5 Å². The van der Waals surface area contributed by atoms with E-state index in [-0.39, 0.29) is 30.2 Å². The van der Waals surface area contributed by atoms with Crippen LogP contribution in [0.2, 0.25) is 0 Å². The molecule has 4 N–H and O–H groups in total. The number of hydrogen-bond donors (Lipinski definition) is 3. The van der Waals surface area contributed by atoms with Gasteiger partial charge in [-0.15, -0.1) is 0 Å². The predicted octanol–water partition coefficient (Wildman–Crippen LogP) is 1.03. The second kappa shape index (κ2) is 6.68. The van der Waals surface area contributed by atoms with Crippen LogP contribution < -0.4 is 16.6 Å². The number of pyridine rings is 1. The highest BCUT2D eigenvalue weighted by Crippen LogP contribution is 2.26. The normalized spacial score (nSPS) is 11.7. The summed E-state index contributed by atoms with van der Waals surface area (Å²) in [7, 11) is 0. The molecule has 0 atom stereocenters. The Bertz CT molecular complexity index is 991. The number of nitrogens with zero attached hydrogens (tertiary/aromatic N) is 5. The number of aromatic nitrogens is 5. The Labute approximate surface area is 150 Å². The van der Waals surface area contributed by atoms with Gasteiger partial charge >= 0.3 is 0 Å². The molecule has 0 aliphatic rings. The lowest BCUT2D eigenvalue weighted by Gasteiger charge is -2.22. The van der Waals surface area contributed by atoms with Gasteiger partial charge in [0.1, 0.15) is 11.2 Å². The Kier molecular flexibility index (Phi) is 4.56. The van der Waals surface area contributed by atoms with Crippen molar-refractivity contribution >= 4 is 22.7 Å². The molecule has 3 heterocycles. The molecule has 3 rings (SSSR count). The zero-order chi connectivity index (χ0) is 18.9. The quantitative estimate of drug-likeness (QED) is 0.632. The Hall–Kier alpha value is -3.07. The summed E-state index contributed by atoms with van der Waals surface area (Å²) >= 11 is 0. The second-order valence-electron chi connectivity index (χ2n) is 6.92. The van der Waals surface area contributed by atoms with Gasteiger partial charge in [-0.1, -0.05) is 0 Å². The van der Waals surface area contributed by atoms with Crippen LogP contribution in [0.4, 0.5) is 11.8 Å². The van der Waals surface area contributed by atoms with Gasteiger partial charge in [0.2, 0.25) is 5.95 Å². The summed E-state index contributed by atoms with van der Waals surface area (Å²) in [5, 5.41) is 12.8. The number of anilines is 2. The molecule has 0 aliphatic heterocycles. The maximum atomic E-state index is 12.8. The molecule has 26 heavy (non-hydrogen) atoms. The van der Waals surface area contributed by atoms with Crippen molar-refractivity contribution < 1.29 is 5.11 Å². The minimum atomic E-state index is -0.319. The average Bonchev–Trinajstić information content (AvgIpc) is 2.56. The maximum Gasteiger partial charge on any atom is 0.265 e. The van der Waals surface area contributed by atoms with Crippen molar-refractivity contribution in [3.05, 3.63) is 35.1 Å². The van der Waals surface area contributed by atoms with Gasteiger partial charge in [0.15, 0.2) is 0 Å². The van der Waals surface area contributed by atoms with E-state index in [9.17, 15) is 4.79 Å². The molecule has 9 heteroatoms. The van der Waals surface area contributed by atoms with Gasteiger partial charge in [-0.2, -0.15) is 0 Å². The zero-order valence-corrected chi connectivity index (χ0v) is 14.9. The molecule has 0 saturated carbocycles. The Morgan fingerprint density at radius 1 is 1.23 bits per heavy atom. The second-order valence-corrected chi connectivity index (χ2v) is 6.92. The van der Waals surface area contributed by atoms with Crippen molar-refractivity contribution in [2.75, 3.05) is 17.7 Å². The Morgan fingerprint density at radius 2 is 1.92 bits per heavy atom. The van der Waals surface area contributed by atoms with E-state index >= 15 is 0 Å². The third-order valence-electron chi connectivity index (χ3n) is 3.61. The Balaban J connectivity index is 2.26. The van der Waals surface area contributed by atoms with Crippen LogP contribution in [0.3, 0.4) is 0 Å². The van der Waals surface area contributed by atoms with Gasteiger partial charge in [-0.05, 0) is 26.8 Å². The van der Waals surface area contributed by atoms with Crippen LogP contribution in [-0.2, 0) is 6.54 Å². The van der Waals surface area contributed by atoms with Crippen molar-refractivity contribution in [1.82, 2.24) is 24.5 Å². The molecule has 0 spiro atoms. The first-order valence-corrected chi connectivity index (χ1v) is 8.15. The summed E-state index contributed by atoms with van der Waals surface area (Å²) in [4.78, 5) is 29.7. The molecule has 136 valence electrons. The van der Waals surface area contributed by atoms with E-state index in [0.29, 0.717) is 28.0 Å². The molecule has 0 bridgehead atoms. The topological polar surface area (TPSA) is 132 Å². The first kappa shape index (κ1) is 17.7. The van der Waals surface area contributed by atoms with Gasteiger partial charge in [-0.3, -0.25) is 9.36 Å². The summed E-state index contributed by atoms with van der Waals surface area (Å²) in [5.41, 5.74) is 6.71. The third kappa shape index (κ3) is 3.62. The van der Waals surface area contributed by atoms with Crippen molar-refractivity contribution in [2.45, 2.75) is 32.9 Å². The molecule has 0 aliphatic carbocycles. The van der Waals surface area contributed by atoms with E-state index in [0.717, 1.165) is 0 Å². The van der Waals surface area contributed by atoms with Crippen molar-refractivity contribution in [2.24, 2.45) is 0 Å². The van der Waals surface area contributed by atoms with Gasteiger partial charge < -0.3 is 16.2 Å². The fourth-order valence-corrected chi connectivity index (χ4v) is 2.50. The molecule has 0 radical (unpaired) electrons. The first-order valence-electron chi connectivity index (χ1n) is 8.15. The number of nitrogen functional groups attached to an aromatic ring is 1. The lowest BCUT2D eigenvalue weighted by atomic mass is 10.1. The maximum absolute atomic E-state index is 12.8. The fourth-order valence-electron chi connectivity index (χ4n) is 2.50. The highest BCUT2D eigenvalue weighted by Gasteiger charge is 2.18. The monoisotopic (exact) mass is 355 g/mol. The number of nitrogens with two attached hydrogens (primary N) is 1. The van der Waals surface area contributed by atoms with E-state index < -0.39 is 0 Å². The molecule has 0 aromatic carbocycles. The van der Waals surface area contributed by atoms with Gasteiger partial charge in [-0.25, -0.2) is 19.9 Å². The van der Waals surface area contributed by atoms with Gasteiger partial charge in [0.05, 0.1) is 30.7 Å². The highest BCUT2D eigenvalue weighted by atomic mass is 16.3. The van der Waals surface area contributed by atoms with E-state index in [1.807, 2.05) is 20.8 Å². The summed E-state index contributed by atoms with van der Waals surface area (Å²) in [6.45, 7) is 5.94. The average molecular weight is 355 g/mol. The standard InChI is InChI=1S/C17H21N7O2/c1-17(2,3)23-14-13-12(21-9-24(4-5-25)15(13)26)6-11(22-14)10-7-19-16(18)20-8-10/h6-9,25H,4-5H2,1-3H3,(H,22,23)(H2,18,19,20). The molecule has 3 aromatic rings. The number of aliphatic hydroxyl groups excluding tert-OH is 1. The smallest absolute Gasteiger partial charge is 0.265 e. The summed E-state index contributed by atoms with van der Waals surface area (Å²) in [6, 6.07) is 1.71. The number of rotatable bonds is 4. The Morgan fingerprint density at radius 3 is 2.54 bits per heavy atom. The molecule has 0 unspecified atom stereocenters.